The van der Waals surface area contributed by atoms with Crippen LogP contribution in [0.5, 0.6) is 0 Å². The third-order valence-electron chi connectivity index (χ3n) is 0.936. The zero-order valence-electron chi connectivity index (χ0n) is 5.42. The summed E-state index contributed by atoms with van der Waals surface area (Å²) in [5.41, 5.74) is 0. The molecular formula is C6H13O2. The predicted molar refractivity (Wildman–Crippen MR) is 31.0 cm³/mol. The summed E-state index contributed by atoms with van der Waals surface area (Å²) >= 11 is 0. The summed E-state index contributed by atoms with van der Waals surface area (Å²) in [6.07, 6.45) is -0.00116. The van der Waals surface area contributed by atoms with Gasteiger partial charge in [0.25, 0.3) is 0 Å². The third-order valence-corrected chi connectivity index (χ3v) is 0.936. The Morgan fingerprint density at radius 2 is 2.00 bits per heavy atom. The molecule has 0 bridgehead atoms. The summed E-state index contributed by atoms with van der Waals surface area (Å²) < 4.78 is 0. The first-order valence-electron chi connectivity index (χ1n) is 2.93. The van der Waals surface area contributed by atoms with Crippen molar-refractivity contribution in [2.45, 2.75) is 26.4 Å². The fourth-order valence-corrected chi connectivity index (χ4v) is 0.612. The molecule has 1 atom stereocenters. The zero-order valence-corrected chi connectivity index (χ0v) is 5.42. The van der Waals surface area contributed by atoms with Gasteiger partial charge in [-0.2, -0.15) is 0 Å². The Labute approximate surface area is 50.2 Å². The second kappa shape index (κ2) is 3.87. The van der Waals surface area contributed by atoms with Crippen molar-refractivity contribution in [1.82, 2.24) is 0 Å². The molecule has 49 valence electrons. The highest BCUT2D eigenvalue weighted by atomic mass is 16.3. The average molecular weight is 117 g/mol. The second-order valence-electron chi connectivity index (χ2n) is 2.45. The number of hydrogen-bond donors (Lipinski definition) is 1. The van der Waals surface area contributed by atoms with E-state index in [2.05, 4.69) is 0 Å². The number of hydrogen-bond acceptors (Lipinski definition) is 1. The lowest BCUT2D eigenvalue weighted by Crippen LogP contribution is -2.13. The predicted octanol–water partition coefficient (Wildman–Crippen LogP) is 0.824. The highest BCUT2D eigenvalue weighted by Gasteiger charge is 2.03. The van der Waals surface area contributed by atoms with Gasteiger partial charge in [0.05, 0.1) is 6.10 Å². The van der Waals surface area contributed by atoms with Gasteiger partial charge in [-0.15, -0.1) is 0 Å². The lowest BCUT2D eigenvalue weighted by atomic mass is 10.1. The van der Waals surface area contributed by atoms with Gasteiger partial charge in [0.15, 0.2) is 0 Å². The zero-order chi connectivity index (χ0) is 6.57. The molecule has 1 N–H and O–H groups in total. The van der Waals surface area contributed by atoms with Crippen molar-refractivity contribution in [2.75, 3.05) is 6.61 Å². The van der Waals surface area contributed by atoms with Crippen molar-refractivity contribution in [2.24, 2.45) is 5.92 Å². The number of rotatable bonds is 3. The van der Waals surface area contributed by atoms with E-state index in [0.29, 0.717) is 12.3 Å². The molecule has 0 saturated heterocycles. The monoisotopic (exact) mass is 117 g/mol. The van der Waals surface area contributed by atoms with Gasteiger partial charge < -0.3 is 5.11 Å². The SMILES string of the molecule is CC(C)CC(O)C[O]. The molecule has 0 amide bonds. The molecule has 0 heterocycles. The van der Waals surface area contributed by atoms with Crippen molar-refractivity contribution >= 4 is 0 Å². The van der Waals surface area contributed by atoms with Crippen LogP contribution >= 0.6 is 0 Å². The fourth-order valence-electron chi connectivity index (χ4n) is 0.612. The topological polar surface area (TPSA) is 40.1 Å². The van der Waals surface area contributed by atoms with E-state index in [1.807, 2.05) is 13.8 Å². The Kier molecular flexibility index (Phi) is 3.83. The molecule has 2 heteroatoms. The summed E-state index contributed by atoms with van der Waals surface area (Å²) in [6, 6.07) is 0. The Morgan fingerprint density at radius 1 is 1.50 bits per heavy atom. The molecule has 0 fully saturated rings. The standard InChI is InChI=1S/C6H13O2/c1-5(2)3-6(8)4-7/h5-6,8H,3-4H2,1-2H3. The molecule has 0 aromatic rings. The molecule has 0 aliphatic carbocycles. The molecular weight excluding hydrogens is 104 g/mol. The minimum absolute atomic E-state index is 0.363. The van der Waals surface area contributed by atoms with Crippen LogP contribution in [-0.4, -0.2) is 17.8 Å². The van der Waals surface area contributed by atoms with Gasteiger partial charge in [-0.3, -0.25) is 0 Å². The van der Waals surface area contributed by atoms with Crippen molar-refractivity contribution in [3.63, 3.8) is 0 Å². The molecule has 0 aliphatic heterocycles. The average Bonchev–Trinajstić information content (AvgIpc) is 1.65. The van der Waals surface area contributed by atoms with Crippen LogP contribution in [0.1, 0.15) is 20.3 Å². The van der Waals surface area contributed by atoms with Crippen LogP contribution in [0.25, 0.3) is 0 Å². The number of aliphatic hydroxyl groups is 1. The van der Waals surface area contributed by atoms with Crippen LogP contribution in [0, 0.1) is 5.92 Å². The maximum absolute atomic E-state index is 9.92. The first-order valence-corrected chi connectivity index (χ1v) is 2.93. The molecule has 8 heavy (non-hydrogen) atoms. The van der Waals surface area contributed by atoms with Gasteiger partial charge in [-0.05, 0) is 12.3 Å². The minimum Gasteiger partial charge on any atom is -0.391 e. The van der Waals surface area contributed by atoms with Gasteiger partial charge in [0, 0.05) is 0 Å². The summed E-state index contributed by atoms with van der Waals surface area (Å²) in [5, 5.41) is 18.6. The Morgan fingerprint density at radius 3 is 2.12 bits per heavy atom. The largest absolute Gasteiger partial charge is 0.391 e. The quantitative estimate of drug-likeness (QED) is 0.584. The van der Waals surface area contributed by atoms with Crippen LogP contribution in [0.4, 0.5) is 0 Å². The summed E-state index contributed by atoms with van der Waals surface area (Å²) in [5.74, 6) is 0.430. The van der Waals surface area contributed by atoms with Gasteiger partial charge in [-0.1, -0.05) is 13.8 Å². The van der Waals surface area contributed by atoms with E-state index in [-0.39, 0.29) is 6.61 Å². The Bertz CT molecular complexity index is 52.5. The third kappa shape index (κ3) is 4.09. The van der Waals surface area contributed by atoms with Crippen molar-refractivity contribution in [3.05, 3.63) is 0 Å². The molecule has 0 saturated carbocycles. The number of aliphatic hydroxyl groups excluding tert-OH is 1. The lowest BCUT2D eigenvalue weighted by Gasteiger charge is -2.07. The maximum Gasteiger partial charge on any atom is 0.108 e. The lowest BCUT2D eigenvalue weighted by molar-refractivity contribution is 0.0425. The molecule has 0 spiro atoms. The molecule has 0 aliphatic rings. The van der Waals surface area contributed by atoms with E-state index >= 15 is 0 Å². The second-order valence-corrected chi connectivity index (χ2v) is 2.45. The molecule has 0 aromatic carbocycles. The highest BCUT2D eigenvalue weighted by Crippen LogP contribution is 2.02. The Balaban J connectivity index is 3.10. The molecule has 1 radical (unpaired) electrons. The van der Waals surface area contributed by atoms with Crippen LogP contribution in [0.2, 0.25) is 0 Å². The van der Waals surface area contributed by atoms with E-state index < -0.39 is 6.10 Å². The van der Waals surface area contributed by atoms with Crippen LogP contribution in [-0.2, 0) is 5.11 Å². The van der Waals surface area contributed by atoms with Crippen LogP contribution in [0.3, 0.4) is 0 Å². The Hall–Kier alpha value is -0.0800. The van der Waals surface area contributed by atoms with Gasteiger partial charge in [0.2, 0.25) is 0 Å². The normalized spacial score (nSPS) is 14.6. The van der Waals surface area contributed by atoms with Gasteiger partial charge in [0.1, 0.15) is 6.61 Å². The molecule has 0 rings (SSSR count). The van der Waals surface area contributed by atoms with E-state index in [0.717, 1.165) is 0 Å². The van der Waals surface area contributed by atoms with E-state index in [9.17, 15) is 5.11 Å². The maximum atomic E-state index is 9.92. The first-order chi connectivity index (χ1) is 3.66. The first kappa shape index (κ1) is 7.92. The van der Waals surface area contributed by atoms with Crippen LogP contribution in [0.15, 0.2) is 0 Å². The van der Waals surface area contributed by atoms with E-state index in [1.54, 1.807) is 0 Å². The highest BCUT2D eigenvalue weighted by molar-refractivity contribution is 4.54. The van der Waals surface area contributed by atoms with Crippen molar-refractivity contribution < 1.29 is 10.2 Å². The van der Waals surface area contributed by atoms with Gasteiger partial charge >= 0.3 is 0 Å². The minimum atomic E-state index is -0.630. The van der Waals surface area contributed by atoms with Gasteiger partial charge in [-0.25, -0.2) is 5.11 Å². The smallest absolute Gasteiger partial charge is 0.108 e. The summed E-state index contributed by atoms with van der Waals surface area (Å²) in [7, 11) is 0. The molecule has 2 nitrogen and oxygen atoms in total. The van der Waals surface area contributed by atoms with Crippen molar-refractivity contribution in [3.8, 4) is 0 Å². The fraction of sp³-hybridized carbons (Fsp3) is 1.00. The van der Waals surface area contributed by atoms with Crippen LogP contribution < -0.4 is 0 Å². The van der Waals surface area contributed by atoms with E-state index in [4.69, 9.17) is 5.11 Å². The van der Waals surface area contributed by atoms with E-state index in [1.165, 1.54) is 0 Å². The molecule has 0 aromatic heterocycles. The summed E-state index contributed by atoms with van der Waals surface area (Å²) in [6.45, 7) is 3.61. The summed E-state index contributed by atoms with van der Waals surface area (Å²) in [4.78, 5) is 0. The molecule has 1 unspecified atom stereocenters. The van der Waals surface area contributed by atoms with Crippen molar-refractivity contribution in [1.29, 1.82) is 0 Å².